The van der Waals surface area contributed by atoms with Crippen molar-refractivity contribution in [3.63, 3.8) is 0 Å². The summed E-state index contributed by atoms with van der Waals surface area (Å²) in [6, 6.07) is 5.90. The molecule has 0 bridgehead atoms. The minimum atomic E-state index is 0.656. The molecule has 2 aromatic heterocycles. The molecule has 106 valence electrons. The van der Waals surface area contributed by atoms with Gasteiger partial charge in [0.05, 0.1) is 16.6 Å². The number of pyridine rings is 1. The van der Waals surface area contributed by atoms with Gasteiger partial charge >= 0.3 is 0 Å². The van der Waals surface area contributed by atoms with Gasteiger partial charge in [0, 0.05) is 18.4 Å². The van der Waals surface area contributed by atoms with Crippen LogP contribution in [0.1, 0.15) is 37.5 Å². The summed E-state index contributed by atoms with van der Waals surface area (Å²) in [7, 11) is 0. The number of nitrogens with zero attached hydrogens (tertiary/aromatic N) is 3. The van der Waals surface area contributed by atoms with E-state index in [1.54, 1.807) is 6.20 Å². The van der Waals surface area contributed by atoms with Gasteiger partial charge in [-0.1, -0.05) is 19.4 Å². The van der Waals surface area contributed by atoms with Crippen molar-refractivity contribution in [2.24, 2.45) is 0 Å². The van der Waals surface area contributed by atoms with Gasteiger partial charge in [-0.05, 0) is 41.4 Å². The van der Waals surface area contributed by atoms with Gasteiger partial charge in [0.15, 0.2) is 0 Å². The zero-order valence-corrected chi connectivity index (χ0v) is 13.4. The van der Waals surface area contributed by atoms with Crippen molar-refractivity contribution in [2.75, 3.05) is 11.9 Å². The van der Waals surface area contributed by atoms with Crippen LogP contribution in [-0.4, -0.2) is 21.5 Å². The number of aromatic nitrogens is 3. The number of hydrogen-bond acceptors (Lipinski definition) is 4. The van der Waals surface area contributed by atoms with E-state index < -0.39 is 0 Å². The fourth-order valence-corrected chi connectivity index (χ4v) is 2.49. The van der Waals surface area contributed by atoms with E-state index in [9.17, 15) is 0 Å². The summed E-state index contributed by atoms with van der Waals surface area (Å²) in [5, 5.41) is 3.28. The monoisotopic (exact) mass is 334 g/mol. The Bertz CT molecular complexity index is 530. The standard InChI is InChI=1S/C15H19BrN4/c1-3-7-12-14(16)15(17-4-2)20-13(19-12)10-11-8-5-6-9-18-11/h5-6,8-9H,3-4,7,10H2,1-2H3,(H,17,19,20). The molecule has 2 rings (SSSR count). The first-order valence-corrected chi connectivity index (χ1v) is 7.73. The van der Waals surface area contributed by atoms with E-state index in [0.29, 0.717) is 6.42 Å². The summed E-state index contributed by atoms with van der Waals surface area (Å²) >= 11 is 3.60. The maximum Gasteiger partial charge on any atom is 0.144 e. The Hall–Kier alpha value is -1.49. The molecule has 20 heavy (non-hydrogen) atoms. The maximum atomic E-state index is 4.66. The van der Waals surface area contributed by atoms with Gasteiger partial charge in [0.2, 0.25) is 0 Å². The van der Waals surface area contributed by atoms with Gasteiger partial charge in [0.25, 0.3) is 0 Å². The molecular formula is C15H19BrN4. The number of hydrogen-bond donors (Lipinski definition) is 1. The summed E-state index contributed by atoms with van der Waals surface area (Å²) in [4.78, 5) is 13.6. The molecule has 0 spiro atoms. The highest BCUT2D eigenvalue weighted by Crippen LogP contribution is 2.25. The predicted octanol–water partition coefficient (Wildman–Crippen LogP) is 3.61. The SMILES string of the molecule is CCCc1nc(Cc2ccccn2)nc(NCC)c1Br. The molecule has 0 radical (unpaired) electrons. The Morgan fingerprint density at radius 2 is 2.05 bits per heavy atom. The highest BCUT2D eigenvalue weighted by atomic mass is 79.9. The number of nitrogens with one attached hydrogen (secondary N) is 1. The molecule has 0 saturated heterocycles. The molecule has 0 amide bonds. The fraction of sp³-hybridized carbons (Fsp3) is 0.400. The number of aryl methyl sites for hydroxylation is 1. The smallest absolute Gasteiger partial charge is 0.144 e. The first kappa shape index (κ1) is 14.9. The van der Waals surface area contributed by atoms with E-state index in [0.717, 1.165) is 46.9 Å². The number of anilines is 1. The van der Waals surface area contributed by atoms with Crippen LogP contribution >= 0.6 is 15.9 Å². The fourth-order valence-electron chi connectivity index (χ4n) is 1.98. The van der Waals surface area contributed by atoms with Gasteiger partial charge in [-0.2, -0.15) is 0 Å². The average molecular weight is 335 g/mol. The summed E-state index contributed by atoms with van der Waals surface area (Å²) in [6.07, 6.45) is 4.45. The van der Waals surface area contributed by atoms with E-state index in [1.807, 2.05) is 18.2 Å². The molecule has 1 N–H and O–H groups in total. The van der Waals surface area contributed by atoms with Crippen LogP contribution < -0.4 is 5.32 Å². The highest BCUT2D eigenvalue weighted by molar-refractivity contribution is 9.10. The Morgan fingerprint density at radius 3 is 2.70 bits per heavy atom. The van der Waals surface area contributed by atoms with Crippen LogP contribution in [0.25, 0.3) is 0 Å². The van der Waals surface area contributed by atoms with Crippen LogP contribution in [0, 0.1) is 0 Å². The topological polar surface area (TPSA) is 50.7 Å². The van der Waals surface area contributed by atoms with Crippen molar-refractivity contribution < 1.29 is 0 Å². The Morgan fingerprint density at radius 1 is 1.20 bits per heavy atom. The second kappa shape index (κ2) is 7.33. The summed E-state index contributed by atoms with van der Waals surface area (Å²) in [6.45, 7) is 5.05. The largest absolute Gasteiger partial charge is 0.369 e. The van der Waals surface area contributed by atoms with Crippen molar-refractivity contribution in [1.29, 1.82) is 0 Å². The third-order valence-corrected chi connectivity index (χ3v) is 3.70. The second-order valence-electron chi connectivity index (χ2n) is 4.53. The zero-order valence-electron chi connectivity index (χ0n) is 11.9. The van der Waals surface area contributed by atoms with Crippen LogP contribution in [0.4, 0.5) is 5.82 Å². The lowest BCUT2D eigenvalue weighted by atomic mass is 10.2. The molecule has 4 nitrogen and oxygen atoms in total. The van der Waals surface area contributed by atoms with Crippen molar-refractivity contribution in [1.82, 2.24) is 15.0 Å². The number of halogens is 1. The van der Waals surface area contributed by atoms with Crippen LogP contribution in [0.3, 0.4) is 0 Å². The lowest BCUT2D eigenvalue weighted by Gasteiger charge is -2.11. The lowest BCUT2D eigenvalue weighted by molar-refractivity contribution is 0.828. The number of rotatable bonds is 6. The van der Waals surface area contributed by atoms with E-state index in [4.69, 9.17) is 0 Å². The van der Waals surface area contributed by atoms with Crippen molar-refractivity contribution in [3.05, 3.63) is 46.1 Å². The Kier molecular flexibility index (Phi) is 5.47. The van der Waals surface area contributed by atoms with Gasteiger partial charge in [-0.15, -0.1) is 0 Å². The molecule has 0 fully saturated rings. The van der Waals surface area contributed by atoms with Crippen LogP contribution in [0.5, 0.6) is 0 Å². The summed E-state index contributed by atoms with van der Waals surface area (Å²) in [5.41, 5.74) is 2.05. The minimum Gasteiger partial charge on any atom is -0.369 e. The predicted molar refractivity (Wildman–Crippen MR) is 84.9 cm³/mol. The molecule has 0 unspecified atom stereocenters. The van der Waals surface area contributed by atoms with Crippen LogP contribution in [0.2, 0.25) is 0 Å². The third-order valence-electron chi connectivity index (χ3n) is 2.86. The van der Waals surface area contributed by atoms with Crippen molar-refractivity contribution in [3.8, 4) is 0 Å². The normalized spacial score (nSPS) is 10.6. The Labute approximate surface area is 128 Å². The first-order chi connectivity index (χ1) is 9.74. The van der Waals surface area contributed by atoms with Crippen LogP contribution in [-0.2, 0) is 12.8 Å². The lowest BCUT2D eigenvalue weighted by Crippen LogP contribution is -2.09. The summed E-state index contributed by atoms with van der Waals surface area (Å²) < 4.78 is 0.978. The van der Waals surface area contributed by atoms with E-state index >= 15 is 0 Å². The average Bonchev–Trinajstić information content (AvgIpc) is 2.45. The highest BCUT2D eigenvalue weighted by Gasteiger charge is 2.12. The maximum absolute atomic E-state index is 4.66. The first-order valence-electron chi connectivity index (χ1n) is 6.93. The molecule has 5 heteroatoms. The molecule has 0 saturated carbocycles. The van der Waals surface area contributed by atoms with E-state index in [1.165, 1.54) is 0 Å². The molecule has 0 aliphatic rings. The van der Waals surface area contributed by atoms with E-state index in [2.05, 4.69) is 50.0 Å². The molecular weight excluding hydrogens is 316 g/mol. The van der Waals surface area contributed by atoms with Crippen LogP contribution in [0.15, 0.2) is 28.9 Å². The van der Waals surface area contributed by atoms with Crippen molar-refractivity contribution >= 4 is 21.7 Å². The third kappa shape index (κ3) is 3.76. The summed E-state index contributed by atoms with van der Waals surface area (Å²) in [5.74, 6) is 1.68. The van der Waals surface area contributed by atoms with Gasteiger partial charge in [-0.3, -0.25) is 4.98 Å². The molecule has 2 heterocycles. The molecule has 0 aromatic carbocycles. The van der Waals surface area contributed by atoms with Gasteiger partial charge < -0.3 is 5.32 Å². The molecule has 0 aliphatic carbocycles. The van der Waals surface area contributed by atoms with E-state index in [-0.39, 0.29) is 0 Å². The molecule has 0 aliphatic heterocycles. The minimum absolute atomic E-state index is 0.656. The van der Waals surface area contributed by atoms with Gasteiger partial charge in [-0.25, -0.2) is 9.97 Å². The molecule has 2 aromatic rings. The molecule has 0 atom stereocenters. The Balaban J connectivity index is 2.32. The zero-order chi connectivity index (χ0) is 14.4. The van der Waals surface area contributed by atoms with Crippen molar-refractivity contribution in [2.45, 2.75) is 33.1 Å². The van der Waals surface area contributed by atoms with Gasteiger partial charge in [0.1, 0.15) is 11.6 Å². The second-order valence-corrected chi connectivity index (χ2v) is 5.32. The quantitative estimate of drug-likeness (QED) is 0.876.